The van der Waals surface area contributed by atoms with Crippen LogP contribution in [0.4, 0.5) is 11.6 Å². The van der Waals surface area contributed by atoms with Gasteiger partial charge >= 0.3 is 0 Å². The van der Waals surface area contributed by atoms with Gasteiger partial charge in [-0.15, -0.1) is 0 Å². The molecule has 0 aliphatic rings. The van der Waals surface area contributed by atoms with Crippen molar-refractivity contribution in [2.75, 3.05) is 5.32 Å². The Kier molecular flexibility index (Phi) is 5.34. The molecule has 30 heavy (non-hydrogen) atoms. The molecule has 0 radical (unpaired) electrons. The molecule has 1 heterocycles. The van der Waals surface area contributed by atoms with E-state index in [2.05, 4.69) is 25.8 Å². The Balaban J connectivity index is 1.42. The Hall–Kier alpha value is -4.26. The number of hydrogen-bond donors (Lipinski definition) is 3. The van der Waals surface area contributed by atoms with Crippen molar-refractivity contribution in [3.05, 3.63) is 99.8 Å². The summed E-state index contributed by atoms with van der Waals surface area (Å²) in [4.78, 5) is 31.5. The first-order chi connectivity index (χ1) is 14.6. The number of aromatic nitrogens is 2. The van der Waals surface area contributed by atoms with Crippen LogP contribution >= 0.6 is 0 Å². The molecule has 148 valence electrons. The van der Waals surface area contributed by atoms with E-state index >= 15 is 0 Å². The van der Waals surface area contributed by atoms with Crippen molar-refractivity contribution >= 4 is 34.7 Å². The first-order valence-corrected chi connectivity index (χ1v) is 9.35. The average molecular weight is 397 g/mol. The molecule has 4 aromatic rings. The maximum Gasteiger partial charge on any atom is 0.271 e. The smallest absolute Gasteiger partial charge is 0.271 e. The molecule has 7 heteroatoms. The number of aromatic amines is 1. The fraction of sp³-hybridized carbons (Fsp3) is 0.0435. The maximum absolute atomic E-state index is 12.3. The van der Waals surface area contributed by atoms with Crippen LogP contribution in [0.25, 0.3) is 10.9 Å². The third kappa shape index (κ3) is 4.41. The molecule has 0 aliphatic carbocycles. The number of aryl methyl sites for hydroxylation is 1. The average Bonchev–Trinajstić information content (AvgIpc) is 2.74. The van der Waals surface area contributed by atoms with Crippen LogP contribution in [-0.2, 0) is 0 Å². The van der Waals surface area contributed by atoms with E-state index in [-0.39, 0.29) is 11.5 Å². The van der Waals surface area contributed by atoms with Crippen molar-refractivity contribution in [2.45, 2.75) is 6.92 Å². The summed E-state index contributed by atoms with van der Waals surface area (Å²) >= 11 is 0. The van der Waals surface area contributed by atoms with Crippen LogP contribution in [0.15, 0.2) is 82.7 Å². The van der Waals surface area contributed by atoms with Gasteiger partial charge in [0.25, 0.3) is 11.5 Å². The number of amides is 1. The molecule has 3 N–H and O–H groups in total. The number of carbonyl (C=O) groups is 1. The van der Waals surface area contributed by atoms with E-state index < -0.39 is 0 Å². The molecule has 0 unspecified atom stereocenters. The first kappa shape index (κ1) is 19.1. The number of hydrogen-bond acceptors (Lipinski definition) is 5. The zero-order valence-electron chi connectivity index (χ0n) is 16.2. The quantitative estimate of drug-likeness (QED) is 0.353. The third-order valence-corrected chi connectivity index (χ3v) is 4.44. The van der Waals surface area contributed by atoms with Crippen molar-refractivity contribution in [1.29, 1.82) is 0 Å². The highest BCUT2D eigenvalue weighted by Crippen LogP contribution is 2.15. The fourth-order valence-electron chi connectivity index (χ4n) is 2.97. The van der Waals surface area contributed by atoms with Gasteiger partial charge in [-0.3, -0.25) is 14.6 Å². The zero-order chi connectivity index (χ0) is 20.9. The number of fused-ring (bicyclic) bond motifs is 1. The largest absolute Gasteiger partial charge is 0.326 e. The minimum atomic E-state index is -0.317. The van der Waals surface area contributed by atoms with Crippen molar-refractivity contribution in [1.82, 2.24) is 15.4 Å². The molecule has 0 atom stereocenters. The van der Waals surface area contributed by atoms with E-state index in [4.69, 9.17) is 0 Å². The number of nitrogens with zero attached hydrogens (tertiary/aromatic N) is 2. The van der Waals surface area contributed by atoms with Crippen LogP contribution in [0, 0.1) is 6.92 Å². The second-order valence-corrected chi connectivity index (χ2v) is 6.75. The van der Waals surface area contributed by atoms with Gasteiger partial charge in [0.1, 0.15) is 0 Å². The van der Waals surface area contributed by atoms with Crippen molar-refractivity contribution in [3.8, 4) is 0 Å². The molecule has 0 fully saturated rings. The summed E-state index contributed by atoms with van der Waals surface area (Å²) in [5.41, 5.74) is 6.08. The number of para-hydroxylation sites is 1. The van der Waals surface area contributed by atoms with Gasteiger partial charge in [0.2, 0.25) is 5.95 Å². The number of carbonyl (C=O) groups excluding carboxylic acids is 1. The number of anilines is 2. The van der Waals surface area contributed by atoms with Gasteiger partial charge in [0, 0.05) is 11.3 Å². The summed E-state index contributed by atoms with van der Waals surface area (Å²) in [6.07, 6.45) is 1.60. The first-order valence-electron chi connectivity index (χ1n) is 9.35. The van der Waals surface area contributed by atoms with Gasteiger partial charge < -0.3 is 5.32 Å². The van der Waals surface area contributed by atoms with Crippen molar-refractivity contribution < 1.29 is 4.79 Å². The van der Waals surface area contributed by atoms with Gasteiger partial charge in [-0.1, -0.05) is 42.0 Å². The summed E-state index contributed by atoms with van der Waals surface area (Å²) in [5.74, 6) is 0.0151. The lowest BCUT2D eigenvalue weighted by Crippen LogP contribution is -2.17. The van der Waals surface area contributed by atoms with E-state index in [9.17, 15) is 9.59 Å². The highest BCUT2D eigenvalue weighted by molar-refractivity contribution is 5.95. The van der Waals surface area contributed by atoms with Crippen molar-refractivity contribution in [2.24, 2.45) is 5.10 Å². The number of hydrazone groups is 1. The lowest BCUT2D eigenvalue weighted by Gasteiger charge is -2.07. The second-order valence-electron chi connectivity index (χ2n) is 6.75. The Bertz CT molecular complexity index is 1290. The summed E-state index contributed by atoms with van der Waals surface area (Å²) in [5, 5.41) is 7.57. The van der Waals surface area contributed by atoms with Crippen LogP contribution in [0.5, 0.6) is 0 Å². The van der Waals surface area contributed by atoms with Crippen LogP contribution in [0.1, 0.15) is 21.5 Å². The summed E-state index contributed by atoms with van der Waals surface area (Å²) < 4.78 is 0. The van der Waals surface area contributed by atoms with E-state index in [0.717, 1.165) is 11.1 Å². The Morgan fingerprint density at radius 2 is 1.83 bits per heavy atom. The molecule has 7 nitrogen and oxygen atoms in total. The van der Waals surface area contributed by atoms with E-state index in [1.165, 1.54) is 0 Å². The van der Waals surface area contributed by atoms with Gasteiger partial charge in [-0.05, 0) is 48.9 Å². The van der Waals surface area contributed by atoms with E-state index in [1.807, 2.05) is 37.3 Å². The zero-order valence-corrected chi connectivity index (χ0v) is 16.2. The van der Waals surface area contributed by atoms with Crippen LogP contribution in [-0.4, -0.2) is 22.1 Å². The van der Waals surface area contributed by atoms with Crippen LogP contribution < -0.4 is 16.3 Å². The topological polar surface area (TPSA) is 99.2 Å². The fourth-order valence-corrected chi connectivity index (χ4v) is 2.97. The minimum Gasteiger partial charge on any atom is -0.326 e. The molecule has 0 spiro atoms. The Morgan fingerprint density at radius 3 is 2.63 bits per heavy atom. The Morgan fingerprint density at radius 1 is 1.03 bits per heavy atom. The van der Waals surface area contributed by atoms with Crippen molar-refractivity contribution in [3.63, 3.8) is 0 Å². The normalized spacial score (nSPS) is 11.0. The van der Waals surface area contributed by atoms with Gasteiger partial charge in [0.05, 0.1) is 17.1 Å². The minimum absolute atomic E-state index is 0.217. The molecule has 1 aromatic heterocycles. The highest BCUT2D eigenvalue weighted by Gasteiger charge is 2.06. The molecule has 1 amide bonds. The number of rotatable bonds is 5. The van der Waals surface area contributed by atoms with E-state index in [1.54, 1.807) is 48.7 Å². The summed E-state index contributed by atoms with van der Waals surface area (Å²) in [6.45, 7) is 1.99. The monoisotopic (exact) mass is 397 g/mol. The van der Waals surface area contributed by atoms with Gasteiger partial charge in [0.15, 0.2) is 0 Å². The maximum atomic E-state index is 12.3. The molecule has 0 bridgehead atoms. The molecule has 0 aliphatic heterocycles. The van der Waals surface area contributed by atoms with E-state index in [0.29, 0.717) is 28.1 Å². The predicted molar refractivity (Wildman–Crippen MR) is 118 cm³/mol. The molecular formula is C23H19N5O2. The van der Waals surface area contributed by atoms with Crippen LogP contribution in [0.2, 0.25) is 0 Å². The second kappa shape index (κ2) is 8.40. The molecule has 4 rings (SSSR count). The SMILES string of the molecule is Cc1cccc(/C=N\NC(=O)c2ccc(Nc3nc4ccccc4c(=O)[nH]3)cc2)c1. The number of nitrogens with one attached hydrogen (secondary N) is 3. The third-order valence-electron chi connectivity index (χ3n) is 4.44. The predicted octanol–water partition coefficient (Wildman–Crippen LogP) is 3.74. The molecular weight excluding hydrogens is 378 g/mol. The van der Waals surface area contributed by atoms with Crippen LogP contribution in [0.3, 0.4) is 0 Å². The highest BCUT2D eigenvalue weighted by atomic mass is 16.2. The Labute approximate surface area is 172 Å². The molecule has 0 saturated carbocycles. The van der Waals surface area contributed by atoms with Gasteiger partial charge in [-0.25, -0.2) is 10.4 Å². The number of benzene rings is 3. The standard InChI is InChI=1S/C23H19N5O2/c1-15-5-4-6-16(13-15)14-24-28-21(29)17-9-11-18(12-10-17)25-23-26-20-8-3-2-7-19(20)22(30)27-23/h2-14H,1H3,(H,28,29)(H2,25,26,27,30)/b24-14-. The lowest BCUT2D eigenvalue weighted by atomic mass is 10.2. The summed E-state index contributed by atoms with van der Waals surface area (Å²) in [7, 11) is 0. The molecule has 0 saturated heterocycles. The van der Waals surface area contributed by atoms with Gasteiger partial charge in [-0.2, -0.15) is 5.10 Å². The lowest BCUT2D eigenvalue weighted by molar-refractivity contribution is 0.0955. The summed E-state index contributed by atoms with van der Waals surface area (Å²) in [6, 6.07) is 21.7. The number of H-pyrrole nitrogens is 1. The molecule has 3 aromatic carbocycles.